The lowest BCUT2D eigenvalue weighted by Crippen LogP contribution is -2.08. The zero-order chi connectivity index (χ0) is 11.1. The van der Waals surface area contributed by atoms with Crippen molar-refractivity contribution >= 4 is 6.29 Å². The van der Waals surface area contributed by atoms with E-state index < -0.39 is 0 Å². The van der Waals surface area contributed by atoms with Crippen molar-refractivity contribution < 1.29 is 4.79 Å². The molecule has 0 spiro atoms. The molecule has 0 saturated carbocycles. The summed E-state index contributed by atoms with van der Waals surface area (Å²) in [4.78, 5) is 10.9. The summed E-state index contributed by atoms with van der Waals surface area (Å²) in [6.45, 7) is 10.9. The van der Waals surface area contributed by atoms with Gasteiger partial charge in [-0.2, -0.15) is 0 Å². The summed E-state index contributed by atoms with van der Waals surface area (Å²) in [5.41, 5.74) is 0.973. The highest BCUT2D eigenvalue weighted by molar-refractivity contribution is 5.73. The molecule has 1 heteroatoms. The summed E-state index contributed by atoms with van der Waals surface area (Å²) in [5.74, 6) is 1.57. The summed E-state index contributed by atoms with van der Waals surface area (Å²) >= 11 is 0. The zero-order valence-corrected chi connectivity index (χ0v) is 10.2. The molecule has 0 fully saturated rings. The number of carbonyl (C=O) groups excluding carboxylic acids is 1. The van der Waals surface area contributed by atoms with Crippen LogP contribution in [0, 0.1) is 17.8 Å². The summed E-state index contributed by atoms with van der Waals surface area (Å²) in [7, 11) is 0. The predicted octanol–water partition coefficient (Wildman–Crippen LogP) is 3.84. The third-order valence-electron chi connectivity index (χ3n) is 3.31. The van der Waals surface area contributed by atoms with Gasteiger partial charge in [0.25, 0.3) is 0 Å². The Kier molecular flexibility index (Phi) is 6.52. The lowest BCUT2D eigenvalue weighted by atomic mass is 9.88. The molecular formula is C13H24O. The van der Waals surface area contributed by atoms with Gasteiger partial charge < -0.3 is 0 Å². The highest BCUT2D eigenvalue weighted by Gasteiger charge is 2.11. The van der Waals surface area contributed by atoms with Gasteiger partial charge in [-0.15, -0.1) is 0 Å². The van der Waals surface area contributed by atoms with E-state index in [0.717, 1.165) is 18.3 Å². The molecule has 0 aliphatic carbocycles. The molecule has 0 saturated heterocycles. The molecule has 0 N–H and O–H groups in total. The van der Waals surface area contributed by atoms with Gasteiger partial charge >= 0.3 is 0 Å². The van der Waals surface area contributed by atoms with Crippen molar-refractivity contribution in [3.05, 3.63) is 11.6 Å². The second-order valence-corrected chi connectivity index (χ2v) is 4.34. The van der Waals surface area contributed by atoms with E-state index in [2.05, 4.69) is 40.7 Å². The van der Waals surface area contributed by atoms with Crippen molar-refractivity contribution in [3.8, 4) is 0 Å². The van der Waals surface area contributed by atoms with Crippen LogP contribution in [0.3, 0.4) is 0 Å². The van der Waals surface area contributed by atoms with Crippen LogP contribution >= 0.6 is 0 Å². The Balaban J connectivity index is 4.50. The first-order chi connectivity index (χ1) is 6.56. The quantitative estimate of drug-likeness (QED) is 0.466. The van der Waals surface area contributed by atoms with Gasteiger partial charge in [0.2, 0.25) is 0 Å². The molecule has 3 unspecified atom stereocenters. The second-order valence-electron chi connectivity index (χ2n) is 4.34. The van der Waals surface area contributed by atoms with Gasteiger partial charge in [-0.25, -0.2) is 0 Å². The van der Waals surface area contributed by atoms with E-state index in [0.29, 0.717) is 17.8 Å². The molecular weight excluding hydrogens is 172 g/mol. The van der Waals surface area contributed by atoms with Crippen molar-refractivity contribution in [3.63, 3.8) is 0 Å². The van der Waals surface area contributed by atoms with E-state index in [1.54, 1.807) is 0 Å². The van der Waals surface area contributed by atoms with Crippen LogP contribution < -0.4 is 0 Å². The first-order valence-electron chi connectivity index (χ1n) is 5.73. The molecule has 0 rings (SSSR count). The lowest BCUT2D eigenvalue weighted by molar-refractivity contribution is -0.105. The molecule has 0 radical (unpaired) electrons. The SMILES string of the molecule is CCC(C)/C(C=O)=C/C(C)C(C)CC. The van der Waals surface area contributed by atoms with Gasteiger partial charge in [-0.3, -0.25) is 4.79 Å². The highest BCUT2D eigenvalue weighted by Crippen LogP contribution is 2.20. The maximum atomic E-state index is 10.9. The maximum Gasteiger partial charge on any atom is 0.145 e. The van der Waals surface area contributed by atoms with Crippen molar-refractivity contribution in [2.24, 2.45) is 17.8 Å². The van der Waals surface area contributed by atoms with Gasteiger partial charge in [0, 0.05) is 0 Å². The fraction of sp³-hybridized carbons (Fsp3) is 0.769. The normalized spacial score (nSPS) is 18.8. The van der Waals surface area contributed by atoms with E-state index in [1.165, 1.54) is 6.42 Å². The van der Waals surface area contributed by atoms with Crippen molar-refractivity contribution in [2.45, 2.75) is 47.5 Å². The van der Waals surface area contributed by atoms with E-state index in [9.17, 15) is 4.79 Å². The van der Waals surface area contributed by atoms with E-state index in [1.807, 2.05) is 0 Å². The summed E-state index contributed by atoms with van der Waals surface area (Å²) in [6.07, 6.45) is 5.38. The highest BCUT2D eigenvalue weighted by atomic mass is 16.1. The number of carbonyl (C=O) groups is 1. The number of hydrogen-bond donors (Lipinski definition) is 0. The molecule has 14 heavy (non-hydrogen) atoms. The molecule has 1 nitrogen and oxygen atoms in total. The summed E-state index contributed by atoms with van der Waals surface area (Å²) in [5, 5.41) is 0. The van der Waals surface area contributed by atoms with Crippen molar-refractivity contribution in [1.29, 1.82) is 0 Å². The molecule has 3 atom stereocenters. The monoisotopic (exact) mass is 196 g/mol. The smallest absolute Gasteiger partial charge is 0.145 e. The van der Waals surface area contributed by atoms with Crippen LogP contribution in [-0.4, -0.2) is 6.29 Å². The van der Waals surface area contributed by atoms with Gasteiger partial charge in [-0.05, 0) is 29.7 Å². The van der Waals surface area contributed by atoms with Crippen LogP contribution in [0.4, 0.5) is 0 Å². The number of aldehydes is 1. The minimum Gasteiger partial charge on any atom is -0.298 e. The standard InChI is InChI=1S/C13H24O/c1-6-10(3)12(5)8-13(9-14)11(4)7-2/h8-12H,6-7H2,1-5H3/b13-8+. The van der Waals surface area contributed by atoms with Crippen molar-refractivity contribution in [1.82, 2.24) is 0 Å². The second kappa shape index (κ2) is 6.80. The Labute approximate surface area is 88.6 Å². The molecule has 0 aromatic rings. The Hall–Kier alpha value is -0.590. The molecule has 0 aromatic carbocycles. The Bertz CT molecular complexity index is 193. The average molecular weight is 196 g/mol. The molecule has 0 aliphatic rings. The predicted molar refractivity (Wildman–Crippen MR) is 62.2 cm³/mol. The molecule has 0 aliphatic heterocycles. The Morgan fingerprint density at radius 1 is 1.14 bits per heavy atom. The van der Waals surface area contributed by atoms with E-state index in [-0.39, 0.29) is 0 Å². The number of hydrogen-bond acceptors (Lipinski definition) is 1. The summed E-state index contributed by atoms with van der Waals surface area (Å²) in [6, 6.07) is 0. The van der Waals surface area contributed by atoms with Crippen LogP contribution in [0.5, 0.6) is 0 Å². The Morgan fingerprint density at radius 2 is 1.71 bits per heavy atom. The van der Waals surface area contributed by atoms with Gasteiger partial charge in [0.05, 0.1) is 0 Å². The molecule has 0 aromatic heterocycles. The van der Waals surface area contributed by atoms with Crippen LogP contribution in [0.25, 0.3) is 0 Å². The minimum atomic E-state index is 0.402. The molecule has 0 amide bonds. The van der Waals surface area contributed by atoms with E-state index >= 15 is 0 Å². The van der Waals surface area contributed by atoms with Gasteiger partial charge in [-0.1, -0.05) is 47.1 Å². The first kappa shape index (κ1) is 13.4. The first-order valence-corrected chi connectivity index (χ1v) is 5.73. The van der Waals surface area contributed by atoms with Gasteiger partial charge in [0.1, 0.15) is 6.29 Å². The van der Waals surface area contributed by atoms with E-state index in [4.69, 9.17) is 0 Å². The van der Waals surface area contributed by atoms with Crippen LogP contribution in [0.2, 0.25) is 0 Å². The third kappa shape index (κ3) is 4.08. The Morgan fingerprint density at radius 3 is 2.07 bits per heavy atom. The fourth-order valence-corrected chi connectivity index (χ4v) is 1.40. The minimum absolute atomic E-state index is 0.402. The van der Waals surface area contributed by atoms with Crippen LogP contribution in [-0.2, 0) is 4.79 Å². The summed E-state index contributed by atoms with van der Waals surface area (Å²) < 4.78 is 0. The average Bonchev–Trinajstić information content (AvgIpc) is 2.22. The van der Waals surface area contributed by atoms with Gasteiger partial charge in [0.15, 0.2) is 0 Å². The maximum absolute atomic E-state index is 10.9. The lowest BCUT2D eigenvalue weighted by Gasteiger charge is -2.17. The molecule has 82 valence electrons. The number of rotatable bonds is 6. The van der Waals surface area contributed by atoms with Crippen molar-refractivity contribution in [2.75, 3.05) is 0 Å². The third-order valence-corrected chi connectivity index (χ3v) is 3.31. The topological polar surface area (TPSA) is 17.1 Å². The molecule has 0 bridgehead atoms. The van der Waals surface area contributed by atoms with Crippen LogP contribution in [0.1, 0.15) is 47.5 Å². The largest absolute Gasteiger partial charge is 0.298 e. The zero-order valence-electron chi connectivity index (χ0n) is 10.2. The fourth-order valence-electron chi connectivity index (χ4n) is 1.40. The molecule has 0 heterocycles. The van der Waals surface area contributed by atoms with Crippen LogP contribution in [0.15, 0.2) is 11.6 Å². The number of allylic oxidation sites excluding steroid dienone is 2.